The van der Waals surface area contributed by atoms with Crippen molar-refractivity contribution in [1.82, 2.24) is 0 Å². The molecule has 0 radical (unpaired) electrons. The van der Waals surface area contributed by atoms with E-state index >= 15 is 0 Å². The van der Waals surface area contributed by atoms with Crippen molar-refractivity contribution in [1.29, 1.82) is 0 Å². The zero-order valence-corrected chi connectivity index (χ0v) is 13.4. The van der Waals surface area contributed by atoms with Crippen LogP contribution >= 0.6 is 0 Å². The van der Waals surface area contributed by atoms with Crippen LogP contribution in [0.3, 0.4) is 0 Å². The van der Waals surface area contributed by atoms with Crippen molar-refractivity contribution in [2.75, 3.05) is 0 Å². The molecule has 2 heterocycles. The second kappa shape index (κ2) is 4.23. The summed E-state index contributed by atoms with van der Waals surface area (Å²) in [5.74, 6) is 0. The van der Waals surface area contributed by atoms with Gasteiger partial charge in [-0.05, 0) is 43.4 Å². The fourth-order valence-corrected chi connectivity index (χ4v) is 2.89. The zero-order valence-electron chi connectivity index (χ0n) is 13.4. The summed E-state index contributed by atoms with van der Waals surface area (Å²) in [7, 11) is 0. The Labute approximate surface area is 123 Å². The highest BCUT2D eigenvalue weighted by molar-refractivity contribution is 6.07. The molecule has 110 valence electrons. The van der Waals surface area contributed by atoms with Gasteiger partial charge in [-0.15, -0.1) is 0 Å². The molecule has 0 amide bonds. The third-order valence-corrected chi connectivity index (χ3v) is 4.26. The second-order valence-corrected chi connectivity index (χ2v) is 6.81. The summed E-state index contributed by atoms with van der Waals surface area (Å²) >= 11 is 0. The number of hydrogen-bond acceptors (Lipinski definition) is 3. The smallest absolute Gasteiger partial charge is 0.339 e. The van der Waals surface area contributed by atoms with E-state index in [0.717, 1.165) is 27.5 Å². The van der Waals surface area contributed by atoms with Gasteiger partial charge in [0.05, 0.1) is 11.6 Å². The number of benzene rings is 1. The van der Waals surface area contributed by atoms with E-state index in [4.69, 9.17) is 8.83 Å². The van der Waals surface area contributed by atoms with E-state index in [1.165, 1.54) is 5.56 Å². The summed E-state index contributed by atoms with van der Waals surface area (Å²) < 4.78 is 11.3. The maximum Gasteiger partial charge on any atom is 0.339 e. The lowest BCUT2D eigenvalue weighted by Gasteiger charge is -2.17. The van der Waals surface area contributed by atoms with Crippen molar-refractivity contribution in [3.8, 4) is 0 Å². The first kappa shape index (κ1) is 13.9. The SMILES string of the molecule is Cc1c(C)c2c(cc(C)c3c(C(C)(C)C)coc32)oc1=O. The van der Waals surface area contributed by atoms with Crippen molar-refractivity contribution >= 4 is 21.9 Å². The number of rotatable bonds is 0. The molecule has 0 spiro atoms. The first-order chi connectivity index (χ1) is 9.71. The molecule has 0 aliphatic rings. The highest BCUT2D eigenvalue weighted by Crippen LogP contribution is 2.38. The van der Waals surface area contributed by atoms with Crippen LogP contribution in [0.4, 0.5) is 0 Å². The van der Waals surface area contributed by atoms with Gasteiger partial charge in [-0.2, -0.15) is 0 Å². The molecule has 0 fully saturated rings. The van der Waals surface area contributed by atoms with Crippen LogP contribution in [0.25, 0.3) is 21.9 Å². The molecular weight excluding hydrogens is 264 g/mol. The maximum atomic E-state index is 11.9. The van der Waals surface area contributed by atoms with Crippen LogP contribution in [-0.4, -0.2) is 0 Å². The largest absolute Gasteiger partial charge is 0.463 e. The molecule has 0 atom stereocenters. The van der Waals surface area contributed by atoms with E-state index in [1.54, 1.807) is 6.92 Å². The molecule has 0 unspecified atom stereocenters. The van der Waals surface area contributed by atoms with Crippen molar-refractivity contribution in [3.05, 3.63) is 45.0 Å². The Balaban J connectivity index is 2.59. The normalized spacial score (nSPS) is 12.5. The molecule has 21 heavy (non-hydrogen) atoms. The Morgan fingerprint density at radius 2 is 1.67 bits per heavy atom. The molecular formula is C18H20O3. The molecule has 0 aliphatic carbocycles. The Hall–Kier alpha value is -2.03. The summed E-state index contributed by atoms with van der Waals surface area (Å²) in [6.45, 7) is 12.3. The van der Waals surface area contributed by atoms with Crippen LogP contribution in [0.15, 0.2) is 26.0 Å². The highest BCUT2D eigenvalue weighted by Gasteiger charge is 2.24. The third-order valence-electron chi connectivity index (χ3n) is 4.26. The van der Waals surface area contributed by atoms with E-state index in [0.29, 0.717) is 11.1 Å². The Morgan fingerprint density at radius 1 is 1.00 bits per heavy atom. The van der Waals surface area contributed by atoms with Gasteiger partial charge in [-0.25, -0.2) is 4.79 Å². The maximum absolute atomic E-state index is 11.9. The first-order valence-corrected chi connectivity index (χ1v) is 7.17. The number of furan rings is 1. The minimum atomic E-state index is -0.277. The molecule has 0 N–H and O–H groups in total. The van der Waals surface area contributed by atoms with Crippen molar-refractivity contribution in [2.45, 2.75) is 47.0 Å². The van der Waals surface area contributed by atoms with Gasteiger partial charge in [0.2, 0.25) is 0 Å². The van der Waals surface area contributed by atoms with Gasteiger partial charge in [-0.1, -0.05) is 20.8 Å². The summed E-state index contributed by atoms with van der Waals surface area (Å²) in [5.41, 5.74) is 4.97. The topological polar surface area (TPSA) is 43.4 Å². The van der Waals surface area contributed by atoms with Gasteiger partial charge < -0.3 is 8.83 Å². The number of aryl methyl sites for hydroxylation is 2. The van der Waals surface area contributed by atoms with Crippen LogP contribution in [0.1, 0.15) is 43.0 Å². The average molecular weight is 284 g/mol. The molecule has 2 aromatic heterocycles. The van der Waals surface area contributed by atoms with Crippen LogP contribution in [0.5, 0.6) is 0 Å². The molecule has 0 saturated heterocycles. The molecule has 3 aromatic rings. The van der Waals surface area contributed by atoms with E-state index in [9.17, 15) is 4.79 Å². The lowest BCUT2D eigenvalue weighted by atomic mass is 9.85. The molecule has 3 rings (SSSR count). The van der Waals surface area contributed by atoms with Crippen molar-refractivity contribution in [2.24, 2.45) is 0 Å². The fraction of sp³-hybridized carbons (Fsp3) is 0.389. The first-order valence-electron chi connectivity index (χ1n) is 7.17. The van der Waals surface area contributed by atoms with E-state index in [2.05, 4.69) is 20.8 Å². The van der Waals surface area contributed by atoms with Gasteiger partial charge in [-0.3, -0.25) is 0 Å². The predicted molar refractivity (Wildman–Crippen MR) is 85.2 cm³/mol. The molecule has 3 heteroatoms. The quantitative estimate of drug-likeness (QED) is 0.559. The molecule has 0 bridgehead atoms. The third kappa shape index (κ3) is 1.91. The predicted octanol–water partition coefficient (Wildman–Crippen LogP) is 4.76. The van der Waals surface area contributed by atoms with Gasteiger partial charge >= 0.3 is 5.63 Å². The lowest BCUT2D eigenvalue weighted by molar-refractivity contribution is 0.550. The lowest BCUT2D eigenvalue weighted by Crippen LogP contribution is -2.10. The van der Waals surface area contributed by atoms with Gasteiger partial charge in [0.25, 0.3) is 0 Å². The van der Waals surface area contributed by atoms with E-state index in [-0.39, 0.29) is 11.0 Å². The fourth-order valence-electron chi connectivity index (χ4n) is 2.89. The highest BCUT2D eigenvalue weighted by atomic mass is 16.4. The van der Waals surface area contributed by atoms with Crippen LogP contribution in [0, 0.1) is 20.8 Å². The molecule has 3 nitrogen and oxygen atoms in total. The Morgan fingerprint density at radius 3 is 2.29 bits per heavy atom. The van der Waals surface area contributed by atoms with Crippen LogP contribution < -0.4 is 5.63 Å². The van der Waals surface area contributed by atoms with Crippen LogP contribution in [0.2, 0.25) is 0 Å². The summed E-state index contributed by atoms with van der Waals surface area (Å²) in [5, 5.41) is 2.04. The second-order valence-electron chi connectivity index (χ2n) is 6.81. The van der Waals surface area contributed by atoms with Crippen molar-refractivity contribution in [3.63, 3.8) is 0 Å². The summed E-state index contributed by atoms with van der Waals surface area (Å²) in [6, 6.07) is 1.94. The molecule has 1 aromatic carbocycles. The molecule has 0 saturated carbocycles. The Bertz CT molecular complexity index is 918. The summed E-state index contributed by atoms with van der Waals surface area (Å²) in [6.07, 6.45) is 1.83. The Kier molecular flexibility index (Phi) is 2.81. The minimum absolute atomic E-state index is 0.00224. The van der Waals surface area contributed by atoms with Gasteiger partial charge in [0.1, 0.15) is 11.2 Å². The van der Waals surface area contributed by atoms with E-state index < -0.39 is 0 Å². The van der Waals surface area contributed by atoms with Gasteiger partial charge in [0, 0.05) is 16.5 Å². The van der Waals surface area contributed by atoms with Crippen molar-refractivity contribution < 1.29 is 8.83 Å². The average Bonchev–Trinajstić information content (AvgIpc) is 2.81. The molecule has 0 aliphatic heterocycles. The zero-order chi connectivity index (χ0) is 15.5. The summed E-state index contributed by atoms with van der Waals surface area (Å²) in [4.78, 5) is 11.9. The monoisotopic (exact) mass is 284 g/mol. The number of hydrogen-bond donors (Lipinski definition) is 0. The van der Waals surface area contributed by atoms with E-state index in [1.807, 2.05) is 26.2 Å². The van der Waals surface area contributed by atoms with Gasteiger partial charge in [0.15, 0.2) is 0 Å². The standard InChI is InChI=1S/C18H20O3/c1-9-7-13-15(10(2)11(3)17(19)21-13)16-14(9)12(8-20-16)18(4,5)6/h7-8H,1-6H3. The van der Waals surface area contributed by atoms with Crippen LogP contribution in [-0.2, 0) is 5.41 Å². The minimum Gasteiger partial charge on any atom is -0.463 e. The number of fused-ring (bicyclic) bond motifs is 3.